The van der Waals surface area contributed by atoms with Crippen molar-refractivity contribution in [1.82, 2.24) is 0 Å². The quantitative estimate of drug-likeness (QED) is 0.787. The number of nitrogen functional groups attached to an aromatic ring is 1. The van der Waals surface area contributed by atoms with E-state index < -0.39 is 5.91 Å². The zero-order valence-electron chi connectivity index (χ0n) is 7.19. The summed E-state index contributed by atoms with van der Waals surface area (Å²) in [6.45, 7) is 0. The summed E-state index contributed by atoms with van der Waals surface area (Å²) < 4.78 is 5.20. The molecule has 0 aliphatic carbocycles. The molecule has 1 amide bonds. The fourth-order valence-electron chi connectivity index (χ4n) is 1.14. The second-order valence-corrected chi connectivity index (χ2v) is 3.54. The smallest absolute Gasteiger partial charge is 0.254 e. The molecule has 0 atom stereocenters. The summed E-state index contributed by atoms with van der Waals surface area (Å²) in [5, 5.41) is 3.82. The number of carbonyl (C=O) groups excluding carboxylic acids is 1. The maximum atomic E-state index is 10.9. The van der Waals surface area contributed by atoms with Crippen LogP contribution in [-0.4, -0.2) is 5.91 Å². The Labute approximate surface area is 84.1 Å². The second-order valence-electron chi connectivity index (χ2n) is 2.76. The van der Waals surface area contributed by atoms with Crippen LogP contribution in [0, 0.1) is 0 Å². The Balaban J connectivity index is 2.48. The monoisotopic (exact) mass is 208 g/mol. The molecule has 72 valence electrons. The van der Waals surface area contributed by atoms with E-state index in [2.05, 4.69) is 0 Å². The molecule has 0 bridgehead atoms. The second kappa shape index (κ2) is 3.19. The number of furan rings is 1. The molecule has 4 N–H and O–H groups in total. The molecule has 2 aromatic heterocycles. The molecule has 2 aromatic rings. The van der Waals surface area contributed by atoms with E-state index in [1.807, 2.05) is 16.8 Å². The first-order valence-corrected chi connectivity index (χ1v) is 4.84. The van der Waals surface area contributed by atoms with Crippen LogP contribution in [0.1, 0.15) is 10.4 Å². The Hall–Kier alpha value is -1.75. The summed E-state index contributed by atoms with van der Waals surface area (Å²) in [5.41, 5.74) is 11.7. The van der Waals surface area contributed by atoms with Crippen molar-refractivity contribution in [2.45, 2.75) is 0 Å². The molecule has 2 heterocycles. The van der Waals surface area contributed by atoms with E-state index in [1.165, 1.54) is 0 Å². The van der Waals surface area contributed by atoms with Gasteiger partial charge in [0.2, 0.25) is 5.88 Å². The Morgan fingerprint density at radius 2 is 2.29 bits per heavy atom. The molecule has 5 heteroatoms. The van der Waals surface area contributed by atoms with E-state index in [0.717, 1.165) is 5.56 Å². The van der Waals surface area contributed by atoms with Crippen molar-refractivity contribution in [3.8, 4) is 11.3 Å². The first kappa shape index (κ1) is 8.83. The van der Waals surface area contributed by atoms with E-state index in [0.29, 0.717) is 5.76 Å². The largest absolute Gasteiger partial charge is 0.440 e. The summed E-state index contributed by atoms with van der Waals surface area (Å²) in [4.78, 5) is 10.9. The van der Waals surface area contributed by atoms with Gasteiger partial charge in [0.25, 0.3) is 5.91 Å². The van der Waals surface area contributed by atoms with Gasteiger partial charge < -0.3 is 15.9 Å². The zero-order valence-corrected chi connectivity index (χ0v) is 8.01. The molecule has 0 aliphatic heterocycles. The third-order valence-electron chi connectivity index (χ3n) is 1.83. The third-order valence-corrected chi connectivity index (χ3v) is 2.52. The summed E-state index contributed by atoms with van der Waals surface area (Å²) in [7, 11) is 0. The summed E-state index contributed by atoms with van der Waals surface area (Å²) in [5.74, 6) is 0.0592. The summed E-state index contributed by atoms with van der Waals surface area (Å²) in [6.07, 6.45) is 0. The van der Waals surface area contributed by atoms with Gasteiger partial charge in [-0.2, -0.15) is 11.3 Å². The number of hydrogen-bond donors (Lipinski definition) is 2. The van der Waals surface area contributed by atoms with Gasteiger partial charge in [-0.1, -0.05) is 0 Å². The Bertz CT molecular complexity index is 459. The van der Waals surface area contributed by atoms with Crippen LogP contribution >= 0.6 is 11.3 Å². The minimum atomic E-state index is -0.576. The molecule has 0 saturated heterocycles. The van der Waals surface area contributed by atoms with Gasteiger partial charge in [-0.15, -0.1) is 0 Å². The molecule has 14 heavy (non-hydrogen) atoms. The maximum absolute atomic E-state index is 10.9. The highest BCUT2D eigenvalue weighted by Crippen LogP contribution is 2.28. The van der Waals surface area contributed by atoms with Crippen LogP contribution in [0.15, 0.2) is 27.3 Å². The molecular weight excluding hydrogens is 200 g/mol. The standard InChI is InChI=1S/C9H8N2O2S/c10-8(12)6-3-7(13-9(6)11)5-1-2-14-4-5/h1-4H,11H2,(H2,10,12). The van der Waals surface area contributed by atoms with Gasteiger partial charge in [0.05, 0.1) is 0 Å². The molecule has 0 unspecified atom stereocenters. The number of primary amides is 1. The zero-order chi connectivity index (χ0) is 10.1. The Morgan fingerprint density at radius 3 is 2.79 bits per heavy atom. The van der Waals surface area contributed by atoms with Gasteiger partial charge >= 0.3 is 0 Å². The van der Waals surface area contributed by atoms with E-state index in [4.69, 9.17) is 15.9 Å². The highest BCUT2D eigenvalue weighted by molar-refractivity contribution is 7.08. The average molecular weight is 208 g/mol. The highest BCUT2D eigenvalue weighted by Gasteiger charge is 2.13. The first-order valence-electron chi connectivity index (χ1n) is 3.90. The fraction of sp³-hybridized carbons (Fsp3) is 0. The lowest BCUT2D eigenvalue weighted by atomic mass is 10.2. The van der Waals surface area contributed by atoms with Gasteiger partial charge in [0.15, 0.2) is 0 Å². The lowest BCUT2D eigenvalue weighted by molar-refractivity contribution is 0.100. The topological polar surface area (TPSA) is 82.2 Å². The van der Waals surface area contributed by atoms with E-state index in [1.54, 1.807) is 17.4 Å². The predicted octanol–water partition coefficient (Wildman–Crippen LogP) is 1.69. The minimum absolute atomic E-state index is 0.0682. The molecule has 0 aromatic carbocycles. The number of thiophene rings is 1. The highest BCUT2D eigenvalue weighted by atomic mass is 32.1. The average Bonchev–Trinajstić information content (AvgIpc) is 2.70. The fourth-order valence-corrected chi connectivity index (χ4v) is 1.79. The Kier molecular flexibility index (Phi) is 2.01. The van der Waals surface area contributed by atoms with Crippen molar-refractivity contribution in [1.29, 1.82) is 0 Å². The van der Waals surface area contributed by atoms with E-state index >= 15 is 0 Å². The number of anilines is 1. The van der Waals surface area contributed by atoms with E-state index in [-0.39, 0.29) is 11.4 Å². The van der Waals surface area contributed by atoms with Crippen molar-refractivity contribution in [3.63, 3.8) is 0 Å². The lowest BCUT2D eigenvalue weighted by Crippen LogP contribution is -2.11. The predicted molar refractivity (Wildman–Crippen MR) is 55.0 cm³/mol. The van der Waals surface area contributed by atoms with Crippen LogP contribution in [-0.2, 0) is 0 Å². The Morgan fingerprint density at radius 1 is 1.50 bits per heavy atom. The molecule has 4 nitrogen and oxygen atoms in total. The molecule has 0 saturated carbocycles. The lowest BCUT2D eigenvalue weighted by Gasteiger charge is -1.87. The van der Waals surface area contributed by atoms with Crippen LogP contribution in [0.3, 0.4) is 0 Å². The van der Waals surface area contributed by atoms with Gasteiger partial charge in [-0.3, -0.25) is 4.79 Å². The van der Waals surface area contributed by atoms with Crippen LogP contribution < -0.4 is 11.5 Å². The summed E-state index contributed by atoms with van der Waals surface area (Å²) >= 11 is 1.54. The van der Waals surface area contributed by atoms with Crippen molar-refractivity contribution >= 4 is 23.1 Å². The molecule has 0 spiro atoms. The van der Waals surface area contributed by atoms with Crippen molar-refractivity contribution < 1.29 is 9.21 Å². The normalized spacial score (nSPS) is 10.3. The van der Waals surface area contributed by atoms with Crippen molar-refractivity contribution in [2.24, 2.45) is 5.73 Å². The van der Waals surface area contributed by atoms with Gasteiger partial charge in [0, 0.05) is 10.9 Å². The number of amides is 1. The van der Waals surface area contributed by atoms with Crippen LogP contribution in [0.5, 0.6) is 0 Å². The van der Waals surface area contributed by atoms with Gasteiger partial charge in [-0.25, -0.2) is 0 Å². The van der Waals surface area contributed by atoms with Gasteiger partial charge in [-0.05, 0) is 17.5 Å². The number of rotatable bonds is 2. The maximum Gasteiger partial charge on any atom is 0.254 e. The molecule has 0 fully saturated rings. The molecule has 2 rings (SSSR count). The van der Waals surface area contributed by atoms with Crippen molar-refractivity contribution in [3.05, 3.63) is 28.5 Å². The number of carbonyl (C=O) groups is 1. The molecule has 0 radical (unpaired) electrons. The third kappa shape index (κ3) is 1.38. The number of hydrogen-bond acceptors (Lipinski definition) is 4. The SMILES string of the molecule is NC(=O)c1cc(-c2ccsc2)oc1N. The van der Waals surface area contributed by atoms with Crippen molar-refractivity contribution in [2.75, 3.05) is 5.73 Å². The van der Waals surface area contributed by atoms with Crippen LogP contribution in [0.25, 0.3) is 11.3 Å². The molecule has 0 aliphatic rings. The minimum Gasteiger partial charge on any atom is -0.440 e. The van der Waals surface area contributed by atoms with Crippen LogP contribution in [0.2, 0.25) is 0 Å². The first-order chi connectivity index (χ1) is 6.68. The summed E-state index contributed by atoms with van der Waals surface area (Å²) in [6, 6.07) is 3.44. The molecular formula is C9H8N2O2S. The number of nitrogens with two attached hydrogens (primary N) is 2. The van der Waals surface area contributed by atoms with E-state index in [9.17, 15) is 4.79 Å². The van der Waals surface area contributed by atoms with Crippen LogP contribution in [0.4, 0.5) is 5.88 Å². The van der Waals surface area contributed by atoms with Gasteiger partial charge in [0.1, 0.15) is 11.3 Å².